The lowest BCUT2D eigenvalue weighted by molar-refractivity contribution is -0.116. The summed E-state index contributed by atoms with van der Waals surface area (Å²) in [4.78, 5) is 27.3. The molecule has 3 aromatic rings. The molecule has 1 fully saturated rings. The van der Waals surface area contributed by atoms with Crippen molar-refractivity contribution >= 4 is 33.4 Å². The van der Waals surface area contributed by atoms with Crippen molar-refractivity contribution in [2.45, 2.75) is 45.1 Å². The number of nitrogens with zero attached hydrogens (tertiary/aromatic N) is 3. The zero-order valence-corrected chi connectivity index (χ0v) is 21.0. The normalized spacial score (nSPS) is 14.2. The number of anilines is 1. The highest BCUT2D eigenvalue weighted by molar-refractivity contribution is 9.10. The van der Waals surface area contributed by atoms with E-state index in [4.69, 9.17) is 0 Å². The lowest BCUT2D eigenvalue weighted by Gasteiger charge is -2.32. The minimum atomic E-state index is -0.917. The molecule has 0 spiro atoms. The number of amides is 2. The average molecular weight is 545 g/mol. The molecule has 1 saturated heterocycles. The molecule has 0 radical (unpaired) electrons. The van der Waals surface area contributed by atoms with Crippen LogP contribution in [-0.4, -0.2) is 39.6 Å². The molecule has 0 unspecified atom stereocenters. The number of aromatic nitrogens is 2. The molecule has 0 saturated carbocycles. The van der Waals surface area contributed by atoms with Gasteiger partial charge < -0.3 is 10.2 Å². The molecule has 1 aliphatic rings. The van der Waals surface area contributed by atoms with Crippen molar-refractivity contribution in [1.29, 1.82) is 0 Å². The Hall–Kier alpha value is -3.07. The van der Waals surface area contributed by atoms with E-state index in [2.05, 4.69) is 26.3 Å². The Labute approximate surface area is 211 Å². The molecule has 0 bridgehead atoms. The number of nitrogens with one attached hydrogen (secondary N) is 1. The average Bonchev–Trinajstić information content (AvgIpc) is 3.32. The molecule has 0 atom stereocenters. The summed E-state index contributed by atoms with van der Waals surface area (Å²) in [6.45, 7) is 3.31. The fourth-order valence-electron chi connectivity index (χ4n) is 4.40. The van der Waals surface area contributed by atoms with Crippen molar-refractivity contribution in [3.8, 4) is 0 Å². The molecule has 35 heavy (non-hydrogen) atoms. The molecular formula is C26H27BrF2N4O2. The van der Waals surface area contributed by atoms with Crippen molar-refractivity contribution in [1.82, 2.24) is 14.7 Å². The first-order chi connectivity index (χ1) is 16.9. The summed E-state index contributed by atoms with van der Waals surface area (Å²) in [5.41, 5.74) is 2.91. The van der Waals surface area contributed by atoms with Gasteiger partial charge in [0.1, 0.15) is 0 Å². The second kappa shape index (κ2) is 11.1. The summed E-state index contributed by atoms with van der Waals surface area (Å²) in [7, 11) is 0. The van der Waals surface area contributed by atoms with Crippen molar-refractivity contribution in [2.75, 3.05) is 18.4 Å². The Balaban J connectivity index is 1.29. The van der Waals surface area contributed by atoms with Crippen molar-refractivity contribution in [3.05, 3.63) is 81.6 Å². The van der Waals surface area contributed by atoms with E-state index >= 15 is 0 Å². The second-order valence-electron chi connectivity index (χ2n) is 8.65. The maximum atomic E-state index is 13.3. The van der Waals surface area contributed by atoms with Gasteiger partial charge in [-0.2, -0.15) is 5.10 Å². The number of halogens is 3. The van der Waals surface area contributed by atoms with Crippen LogP contribution in [0.5, 0.6) is 0 Å². The predicted molar refractivity (Wildman–Crippen MR) is 133 cm³/mol. The Morgan fingerprint density at radius 2 is 1.91 bits per heavy atom. The van der Waals surface area contributed by atoms with Crippen molar-refractivity contribution in [3.63, 3.8) is 0 Å². The van der Waals surface area contributed by atoms with E-state index in [1.807, 2.05) is 34.7 Å². The van der Waals surface area contributed by atoms with E-state index < -0.39 is 11.6 Å². The van der Waals surface area contributed by atoms with Gasteiger partial charge in [-0.1, -0.05) is 35.0 Å². The van der Waals surface area contributed by atoms with Crippen LogP contribution in [0.25, 0.3) is 0 Å². The quantitative estimate of drug-likeness (QED) is 0.425. The van der Waals surface area contributed by atoms with Gasteiger partial charge in [0.15, 0.2) is 11.6 Å². The first kappa shape index (κ1) is 25.0. The van der Waals surface area contributed by atoms with Crippen LogP contribution in [0.1, 0.15) is 53.7 Å². The third-order valence-corrected chi connectivity index (χ3v) is 7.08. The topological polar surface area (TPSA) is 67.2 Å². The monoisotopic (exact) mass is 544 g/mol. The van der Waals surface area contributed by atoms with Gasteiger partial charge in [-0.3, -0.25) is 14.3 Å². The summed E-state index contributed by atoms with van der Waals surface area (Å²) >= 11 is 3.54. The number of likely N-dealkylation sites (tertiary alicyclic amines) is 1. The Morgan fingerprint density at radius 1 is 1.14 bits per heavy atom. The molecule has 2 aromatic carbocycles. The molecule has 1 aromatic heterocycles. The van der Waals surface area contributed by atoms with E-state index in [1.54, 1.807) is 12.4 Å². The lowest BCUT2D eigenvalue weighted by atomic mass is 10.0. The van der Waals surface area contributed by atoms with E-state index in [1.165, 1.54) is 6.07 Å². The van der Waals surface area contributed by atoms with Crippen LogP contribution >= 0.6 is 15.9 Å². The summed E-state index contributed by atoms with van der Waals surface area (Å²) in [5.74, 6) is -1.99. The van der Waals surface area contributed by atoms with Crippen molar-refractivity contribution < 1.29 is 18.4 Å². The molecule has 9 heteroatoms. The number of rotatable bonds is 7. The third kappa shape index (κ3) is 5.96. The van der Waals surface area contributed by atoms with Crippen LogP contribution in [0, 0.1) is 11.6 Å². The lowest BCUT2D eigenvalue weighted by Crippen LogP contribution is -2.39. The standard InChI is InChI=1S/C26H27BrF2N4O2/c1-2-20-21(4-3-5-22(20)27)26(35)32-12-10-19(11-13-32)33-16-18(15-30-33)31-25(34)9-7-17-6-8-23(28)24(29)14-17/h3-6,8,14-16,19H,2,7,9-13H2,1H3,(H,31,34). The second-order valence-corrected chi connectivity index (χ2v) is 9.50. The highest BCUT2D eigenvalue weighted by atomic mass is 79.9. The summed E-state index contributed by atoms with van der Waals surface area (Å²) in [6, 6.07) is 9.51. The Morgan fingerprint density at radius 3 is 2.63 bits per heavy atom. The highest BCUT2D eigenvalue weighted by Gasteiger charge is 2.26. The molecule has 2 amide bonds. The van der Waals surface area contributed by atoms with Gasteiger partial charge in [-0.05, 0) is 61.1 Å². The van der Waals surface area contributed by atoms with Gasteiger partial charge >= 0.3 is 0 Å². The Bertz CT molecular complexity index is 1220. The summed E-state index contributed by atoms with van der Waals surface area (Å²) in [6.07, 6.45) is 6.16. The molecule has 1 aliphatic heterocycles. The minimum absolute atomic E-state index is 0.0519. The van der Waals surface area contributed by atoms with Crippen molar-refractivity contribution in [2.24, 2.45) is 0 Å². The number of benzene rings is 2. The van der Waals surface area contributed by atoms with E-state index in [9.17, 15) is 18.4 Å². The number of hydrogen-bond donors (Lipinski definition) is 1. The van der Waals surface area contributed by atoms with Gasteiger partial charge in [0.05, 0.1) is 17.9 Å². The van der Waals surface area contributed by atoms with E-state index in [0.717, 1.165) is 47.0 Å². The molecular weight excluding hydrogens is 518 g/mol. The van der Waals surface area contributed by atoms with Crippen LogP contribution < -0.4 is 5.32 Å². The van der Waals surface area contributed by atoms with Gasteiger partial charge in [-0.15, -0.1) is 0 Å². The molecule has 0 aliphatic carbocycles. The van der Waals surface area contributed by atoms with Crippen LogP contribution in [0.3, 0.4) is 0 Å². The van der Waals surface area contributed by atoms with Crippen LogP contribution in [0.2, 0.25) is 0 Å². The summed E-state index contributed by atoms with van der Waals surface area (Å²) < 4.78 is 29.2. The van der Waals surface area contributed by atoms with Crippen LogP contribution in [-0.2, 0) is 17.6 Å². The third-order valence-electron chi connectivity index (χ3n) is 6.34. The predicted octanol–water partition coefficient (Wildman–Crippen LogP) is 5.53. The smallest absolute Gasteiger partial charge is 0.254 e. The largest absolute Gasteiger partial charge is 0.338 e. The highest BCUT2D eigenvalue weighted by Crippen LogP contribution is 2.27. The number of hydrogen-bond acceptors (Lipinski definition) is 3. The number of carbonyl (C=O) groups is 2. The fraction of sp³-hybridized carbons (Fsp3) is 0.346. The number of piperidine rings is 1. The molecule has 1 N–H and O–H groups in total. The van der Waals surface area contributed by atoms with Gasteiger partial charge in [-0.25, -0.2) is 8.78 Å². The maximum absolute atomic E-state index is 13.3. The first-order valence-electron chi connectivity index (χ1n) is 11.7. The first-order valence-corrected chi connectivity index (χ1v) is 12.5. The van der Waals surface area contributed by atoms with Gasteiger partial charge in [0, 0.05) is 35.7 Å². The van der Waals surface area contributed by atoms with Crippen LogP contribution in [0.4, 0.5) is 14.5 Å². The molecule has 184 valence electrons. The molecule has 6 nitrogen and oxygen atoms in total. The van der Waals surface area contributed by atoms with Gasteiger partial charge in [0.25, 0.3) is 5.91 Å². The van der Waals surface area contributed by atoms with E-state index in [0.29, 0.717) is 30.8 Å². The molecule has 4 rings (SSSR count). The summed E-state index contributed by atoms with van der Waals surface area (Å²) in [5, 5.41) is 7.21. The van der Waals surface area contributed by atoms with E-state index in [-0.39, 0.29) is 24.3 Å². The number of aryl methyl sites for hydroxylation is 1. The Kier molecular flexibility index (Phi) is 7.95. The minimum Gasteiger partial charge on any atom is -0.338 e. The van der Waals surface area contributed by atoms with Gasteiger partial charge in [0.2, 0.25) is 5.91 Å². The molecule has 2 heterocycles. The SMILES string of the molecule is CCc1c(Br)cccc1C(=O)N1CCC(n2cc(NC(=O)CCc3ccc(F)c(F)c3)cn2)CC1. The van der Waals surface area contributed by atoms with Crippen LogP contribution in [0.15, 0.2) is 53.3 Å². The zero-order valence-electron chi connectivity index (χ0n) is 19.4. The zero-order chi connectivity index (χ0) is 24.9. The maximum Gasteiger partial charge on any atom is 0.254 e. The number of carbonyl (C=O) groups excluding carboxylic acids is 2. The fourth-order valence-corrected chi connectivity index (χ4v) is 5.05.